The molecule has 1 unspecified atom stereocenters. The first-order valence-corrected chi connectivity index (χ1v) is 10.9. The second kappa shape index (κ2) is 7.27. The molecular weight excluding hydrogens is 436 g/mol. The topological polar surface area (TPSA) is 145 Å². The summed E-state index contributed by atoms with van der Waals surface area (Å²) in [7, 11) is 0. The Balaban J connectivity index is 1.47. The van der Waals surface area contributed by atoms with Crippen LogP contribution < -0.4 is 5.73 Å². The molecule has 4 aromatic rings. The molecule has 11 heteroatoms. The van der Waals surface area contributed by atoms with Gasteiger partial charge in [-0.1, -0.05) is 6.07 Å². The number of nitrogens with two attached hydrogens (primary N) is 1. The van der Waals surface area contributed by atoms with Crippen molar-refractivity contribution in [3.8, 4) is 5.82 Å². The number of amides is 1. The number of nitrogens with zero attached hydrogens (tertiary/aromatic N) is 7. The molecular formula is C23H22N8O3. The number of ether oxygens (including phenoxy) is 1. The Morgan fingerprint density at radius 3 is 2.59 bits per heavy atom. The molecule has 2 aliphatic heterocycles. The van der Waals surface area contributed by atoms with Gasteiger partial charge >= 0.3 is 0 Å². The SMILES string of the molecule is CC(O)(c1ccc2c(C(=O)N3CC4(COC4)C3)nn(-c3ccnc(N)n3)c2c1)c1ncccn1. The Morgan fingerprint density at radius 1 is 1.15 bits per heavy atom. The molecule has 3 N–H and O–H groups in total. The van der Waals surface area contributed by atoms with E-state index in [1.807, 2.05) is 0 Å². The third-order valence-corrected chi connectivity index (χ3v) is 6.48. The summed E-state index contributed by atoms with van der Waals surface area (Å²) in [5.41, 5.74) is 5.88. The van der Waals surface area contributed by atoms with Gasteiger partial charge in [-0.25, -0.2) is 19.6 Å². The van der Waals surface area contributed by atoms with E-state index < -0.39 is 5.60 Å². The summed E-state index contributed by atoms with van der Waals surface area (Å²) >= 11 is 0. The molecule has 1 aromatic carbocycles. The van der Waals surface area contributed by atoms with Crippen LogP contribution in [0.1, 0.15) is 28.8 Å². The molecule has 2 saturated heterocycles. The van der Waals surface area contributed by atoms with Crippen molar-refractivity contribution < 1.29 is 14.6 Å². The Bertz CT molecular complexity index is 1410. The first kappa shape index (κ1) is 20.6. The summed E-state index contributed by atoms with van der Waals surface area (Å²) in [5.74, 6) is 0.604. The highest BCUT2D eigenvalue weighted by molar-refractivity contribution is 6.05. The number of aliphatic hydroxyl groups is 1. The molecule has 0 saturated carbocycles. The fourth-order valence-electron chi connectivity index (χ4n) is 4.54. The monoisotopic (exact) mass is 458 g/mol. The van der Waals surface area contributed by atoms with Gasteiger partial charge in [0.25, 0.3) is 5.91 Å². The van der Waals surface area contributed by atoms with E-state index >= 15 is 0 Å². The Kier molecular flexibility index (Phi) is 4.41. The minimum Gasteiger partial charge on any atom is -0.380 e. The first-order chi connectivity index (χ1) is 16.4. The molecule has 0 aliphatic carbocycles. The minimum absolute atomic E-state index is 0.0875. The van der Waals surface area contributed by atoms with Gasteiger partial charge in [0.15, 0.2) is 17.3 Å². The van der Waals surface area contributed by atoms with Crippen LogP contribution in [0.15, 0.2) is 48.9 Å². The van der Waals surface area contributed by atoms with Gasteiger partial charge in [-0.2, -0.15) is 10.1 Å². The molecule has 1 spiro atoms. The molecule has 172 valence electrons. The van der Waals surface area contributed by atoms with Crippen molar-refractivity contribution in [3.63, 3.8) is 0 Å². The molecule has 0 radical (unpaired) electrons. The maximum Gasteiger partial charge on any atom is 0.275 e. The Labute approximate surface area is 194 Å². The quantitative estimate of drug-likeness (QED) is 0.456. The molecule has 0 bridgehead atoms. The maximum absolute atomic E-state index is 13.4. The van der Waals surface area contributed by atoms with Crippen LogP contribution in [0.2, 0.25) is 0 Å². The number of hydrogen-bond donors (Lipinski definition) is 2. The van der Waals surface area contributed by atoms with Crippen molar-refractivity contribution in [1.29, 1.82) is 0 Å². The van der Waals surface area contributed by atoms with Gasteiger partial charge in [0, 0.05) is 43.1 Å². The molecule has 34 heavy (non-hydrogen) atoms. The van der Waals surface area contributed by atoms with Crippen LogP contribution in [0.3, 0.4) is 0 Å². The number of benzene rings is 1. The molecule has 1 atom stereocenters. The van der Waals surface area contributed by atoms with Gasteiger partial charge < -0.3 is 20.5 Å². The fraction of sp³-hybridized carbons (Fsp3) is 0.304. The van der Waals surface area contributed by atoms with Gasteiger partial charge in [-0.15, -0.1) is 0 Å². The van der Waals surface area contributed by atoms with Crippen LogP contribution >= 0.6 is 0 Å². The number of fused-ring (bicyclic) bond motifs is 1. The Hall–Kier alpha value is -3.96. The van der Waals surface area contributed by atoms with E-state index in [0.29, 0.717) is 54.3 Å². The average Bonchev–Trinajstić information content (AvgIpc) is 3.17. The maximum atomic E-state index is 13.4. The highest BCUT2D eigenvalue weighted by Crippen LogP contribution is 2.39. The standard InChI is InChI=1S/C23H22N8O3/c1-22(33,20-25-6-2-7-26-20)14-3-4-15-16(9-14)31(17-5-8-27-21(24)28-17)29-18(15)19(32)30-10-23(11-30)12-34-13-23/h2-9,33H,10-13H2,1H3,(H2,24,27,28). The van der Waals surface area contributed by atoms with Crippen molar-refractivity contribution in [2.45, 2.75) is 12.5 Å². The van der Waals surface area contributed by atoms with Crippen LogP contribution in [0, 0.1) is 5.41 Å². The number of carbonyl (C=O) groups excluding carboxylic acids is 1. The number of anilines is 1. The van der Waals surface area contributed by atoms with Crippen LogP contribution in [-0.4, -0.2) is 71.9 Å². The van der Waals surface area contributed by atoms with Crippen LogP contribution in [-0.2, 0) is 10.3 Å². The molecule has 1 amide bonds. The average molecular weight is 458 g/mol. The molecule has 2 fully saturated rings. The molecule has 2 aliphatic rings. The number of carbonyl (C=O) groups is 1. The summed E-state index contributed by atoms with van der Waals surface area (Å²) in [6.45, 7) is 4.30. The lowest BCUT2D eigenvalue weighted by molar-refractivity contribution is -0.176. The predicted octanol–water partition coefficient (Wildman–Crippen LogP) is 0.916. The van der Waals surface area contributed by atoms with Gasteiger partial charge in [-0.3, -0.25) is 4.79 Å². The number of hydrogen-bond acceptors (Lipinski definition) is 9. The third kappa shape index (κ3) is 3.12. The lowest BCUT2D eigenvalue weighted by atomic mass is 9.78. The number of aromatic nitrogens is 6. The van der Waals surface area contributed by atoms with E-state index in [9.17, 15) is 9.90 Å². The zero-order chi connectivity index (χ0) is 23.5. The number of rotatable bonds is 4. The number of nitrogen functional groups attached to an aromatic ring is 1. The largest absolute Gasteiger partial charge is 0.380 e. The van der Waals surface area contributed by atoms with E-state index in [2.05, 4.69) is 25.0 Å². The van der Waals surface area contributed by atoms with E-state index in [4.69, 9.17) is 10.5 Å². The van der Waals surface area contributed by atoms with E-state index in [0.717, 1.165) is 0 Å². The van der Waals surface area contributed by atoms with E-state index in [-0.39, 0.29) is 23.1 Å². The summed E-state index contributed by atoms with van der Waals surface area (Å²) in [5, 5.41) is 16.5. The fourth-order valence-corrected chi connectivity index (χ4v) is 4.54. The summed E-state index contributed by atoms with van der Waals surface area (Å²) in [4.78, 5) is 31.8. The lowest BCUT2D eigenvalue weighted by Crippen LogP contribution is -2.67. The second-order valence-electron chi connectivity index (χ2n) is 9.06. The number of likely N-dealkylation sites (tertiary alicyclic amines) is 1. The van der Waals surface area contributed by atoms with Crippen molar-refractivity contribution >= 4 is 22.8 Å². The predicted molar refractivity (Wildman–Crippen MR) is 121 cm³/mol. The molecule has 3 aromatic heterocycles. The highest BCUT2D eigenvalue weighted by Gasteiger charge is 2.51. The van der Waals surface area contributed by atoms with Gasteiger partial charge in [-0.05, 0) is 30.7 Å². The van der Waals surface area contributed by atoms with Crippen LogP contribution in [0.5, 0.6) is 0 Å². The molecule has 11 nitrogen and oxygen atoms in total. The smallest absolute Gasteiger partial charge is 0.275 e. The van der Waals surface area contributed by atoms with Gasteiger partial charge in [0.05, 0.1) is 24.1 Å². The first-order valence-electron chi connectivity index (χ1n) is 10.9. The van der Waals surface area contributed by atoms with E-state index in [1.165, 1.54) is 6.20 Å². The van der Waals surface area contributed by atoms with Gasteiger partial charge in [0.1, 0.15) is 5.60 Å². The van der Waals surface area contributed by atoms with E-state index in [1.54, 1.807) is 59.2 Å². The normalized spacial score (nSPS) is 18.4. The van der Waals surface area contributed by atoms with Crippen LogP contribution in [0.4, 0.5) is 5.95 Å². The molecule has 6 rings (SSSR count). The summed E-state index contributed by atoms with van der Waals surface area (Å²) < 4.78 is 6.87. The summed E-state index contributed by atoms with van der Waals surface area (Å²) in [6.07, 6.45) is 4.68. The van der Waals surface area contributed by atoms with Crippen molar-refractivity contribution in [2.24, 2.45) is 5.41 Å². The zero-order valence-electron chi connectivity index (χ0n) is 18.4. The third-order valence-electron chi connectivity index (χ3n) is 6.48. The minimum atomic E-state index is -1.46. The van der Waals surface area contributed by atoms with Crippen molar-refractivity contribution in [1.82, 2.24) is 34.6 Å². The summed E-state index contributed by atoms with van der Waals surface area (Å²) in [6, 6.07) is 8.65. The van der Waals surface area contributed by atoms with Crippen LogP contribution in [0.25, 0.3) is 16.7 Å². The van der Waals surface area contributed by atoms with Gasteiger partial charge in [0.2, 0.25) is 5.95 Å². The van der Waals surface area contributed by atoms with Crippen molar-refractivity contribution in [2.75, 3.05) is 32.0 Å². The zero-order valence-corrected chi connectivity index (χ0v) is 18.4. The Morgan fingerprint density at radius 2 is 1.91 bits per heavy atom. The lowest BCUT2D eigenvalue weighted by Gasteiger charge is -2.54. The highest BCUT2D eigenvalue weighted by atomic mass is 16.5. The van der Waals surface area contributed by atoms with Crippen molar-refractivity contribution in [3.05, 3.63) is 66.0 Å². The molecule has 5 heterocycles. The second-order valence-corrected chi connectivity index (χ2v) is 9.06.